The summed E-state index contributed by atoms with van der Waals surface area (Å²) in [4.78, 5) is 4.76. The van der Waals surface area contributed by atoms with Crippen LogP contribution in [-0.4, -0.2) is 0 Å². The van der Waals surface area contributed by atoms with Crippen LogP contribution in [0.3, 0.4) is 0 Å². The zero-order valence-corrected chi connectivity index (χ0v) is 43.2. The summed E-state index contributed by atoms with van der Waals surface area (Å²) < 4.78 is 0. The minimum absolute atomic E-state index is 1.06. The largest absolute Gasteiger partial charge is 0.310 e. The van der Waals surface area contributed by atoms with Gasteiger partial charge in [-0.25, -0.2) is 0 Å². The van der Waals surface area contributed by atoms with Crippen molar-refractivity contribution in [3.8, 4) is 55.6 Å². The van der Waals surface area contributed by atoms with Crippen LogP contribution in [0.15, 0.2) is 315 Å². The van der Waals surface area contributed by atoms with Crippen LogP contribution in [0.25, 0.3) is 79.9 Å². The molecule has 12 rings (SSSR count). The second-order valence-corrected chi connectivity index (χ2v) is 19.4. The Morgan fingerprint density at radius 3 is 0.615 bits per heavy atom. The van der Waals surface area contributed by atoms with E-state index in [1.807, 2.05) is 0 Å². The fraction of sp³-hybridized carbons (Fsp3) is 0. The standard InChI is InChI=1S/C76H56N2/c1-7-19-57(20-8-1)31-33-59-35-43-71(44-36-59)77(75-53-67(61-23-11-3-12-24-61)51-68(54-75)62-25-13-4-14-26-62)73-47-39-65(40-48-73)66-41-49-74(50-42-66)78(72-45-37-60(38-46-72)34-32-58-21-9-2-10-22-58)76-55-69(63-27-15-5-16-28-63)52-70(56-76)64-29-17-6-18-30-64/h1-56H/b33-31+,34-32+. The molecule has 370 valence electrons. The highest BCUT2D eigenvalue weighted by Gasteiger charge is 2.19. The quantitative estimate of drug-likeness (QED) is 0.0945. The van der Waals surface area contributed by atoms with Gasteiger partial charge < -0.3 is 9.80 Å². The molecule has 0 bridgehead atoms. The highest BCUT2D eigenvalue weighted by atomic mass is 15.1. The molecule has 0 atom stereocenters. The van der Waals surface area contributed by atoms with Crippen molar-refractivity contribution in [2.75, 3.05) is 9.80 Å². The molecule has 0 amide bonds. The molecule has 0 radical (unpaired) electrons. The normalized spacial score (nSPS) is 11.2. The van der Waals surface area contributed by atoms with Crippen molar-refractivity contribution < 1.29 is 0 Å². The topological polar surface area (TPSA) is 6.48 Å². The molecule has 0 heterocycles. The van der Waals surface area contributed by atoms with Crippen LogP contribution in [0.2, 0.25) is 0 Å². The monoisotopic (exact) mass is 996 g/mol. The second kappa shape index (κ2) is 23.1. The number of hydrogen-bond donors (Lipinski definition) is 0. The minimum Gasteiger partial charge on any atom is -0.310 e. The molecular weight excluding hydrogens is 941 g/mol. The Kier molecular flexibility index (Phi) is 14.4. The van der Waals surface area contributed by atoms with Crippen molar-refractivity contribution in [3.63, 3.8) is 0 Å². The van der Waals surface area contributed by atoms with E-state index in [9.17, 15) is 0 Å². The van der Waals surface area contributed by atoms with E-state index in [1.54, 1.807) is 0 Å². The zero-order valence-electron chi connectivity index (χ0n) is 43.2. The van der Waals surface area contributed by atoms with Gasteiger partial charge in [-0.3, -0.25) is 0 Å². The van der Waals surface area contributed by atoms with Gasteiger partial charge in [-0.1, -0.05) is 255 Å². The van der Waals surface area contributed by atoms with Crippen LogP contribution in [0.5, 0.6) is 0 Å². The van der Waals surface area contributed by atoms with E-state index in [4.69, 9.17) is 0 Å². The first-order chi connectivity index (χ1) is 38.6. The molecule has 0 spiro atoms. The van der Waals surface area contributed by atoms with Crippen LogP contribution < -0.4 is 9.80 Å². The van der Waals surface area contributed by atoms with Crippen molar-refractivity contribution in [1.29, 1.82) is 0 Å². The van der Waals surface area contributed by atoms with E-state index in [-0.39, 0.29) is 0 Å². The molecule has 0 aromatic heterocycles. The van der Waals surface area contributed by atoms with Crippen molar-refractivity contribution in [1.82, 2.24) is 0 Å². The van der Waals surface area contributed by atoms with Gasteiger partial charge >= 0.3 is 0 Å². The lowest BCUT2D eigenvalue weighted by molar-refractivity contribution is 1.28. The van der Waals surface area contributed by atoms with Crippen LogP contribution in [-0.2, 0) is 0 Å². The van der Waals surface area contributed by atoms with E-state index < -0.39 is 0 Å². The van der Waals surface area contributed by atoms with Crippen molar-refractivity contribution >= 4 is 58.4 Å². The molecule has 0 fully saturated rings. The molecule has 0 saturated carbocycles. The molecule has 0 unspecified atom stereocenters. The van der Waals surface area contributed by atoms with Gasteiger partial charge in [0.15, 0.2) is 0 Å². The maximum atomic E-state index is 2.38. The zero-order chi connectivity index (χ0) is 52.3. The van der Waals surface area contributed by atoms with E-state index in [2.05, 4.69) is 350 Å². The second-order valence-electron chi connectivity index (χ2n) is 19.4. The third-order valence-electron chi connectivity index (χ3n) is 14.2. The van der Waals surface area contributed by atoms with Crippen LogP contribution in [0, 0.1) is 0 Å². The molecular formula is C76H56N2. The van der Waals surface area contributed by atoms with Gasteiger partial charge in [-0.05, 0) is 163 Å². The Morgan fingerprint density at radius 2 is 0.359 bits per heavy atom. The molecule has 12 aromatic rings. The Labute approximate surface area is 459 Å². The van der Waals surface area contributed by atoms with E-state index in [0.717, 1.165) is 78.6 Å². The number of nitrogens with zero attached hydrogens (tertiary/aromatic N) is 2. The Hall–Kier alpha value is -10.3. The van der Waals surface area contributed by atoms with Crippen LogP contribution in [0.1, 0.15) is 22.3 Å². The van der Waals surface area contributed by atoms with Gasteiger partial charge in [0.25, 0.3) is 0 Å². The van der Waals surface area contributed by atoms with Crippen molar-refractivity contribution in [2.45, 2.75) is 0 Å². The van der Waals surface area contributed by atoms with Gasteiger partial charge in [0.2, 0.25) is 0 Å². The molecule has 0 saturated heterocycles. The Balaban J connectivity index is 0.918. The first-order valence-electron chi connectivity index (χ1n) is 26.6. The Bertz CT molecular complexity index is 3550. The fourth-order valence-corrected chi connectivity index (χ4v) is 10.2. The van der Waals surface area contributed by atoms with Crippen molar-refractivity contribution in [2.24, 2.45) is 0 Å². The minimum atomic E-state index is 1.06. The predicted molar refractivity (Wildman–Crippen MR) is 334 cm³/mol. The van der Waals surface area contributed by atoms with Crippen LogP contribution >= 0.6 is 0 Å². The fourth-order valence-electron chi connectivity index (χ4n) is 10.2. The third-order valence-corrected chi connectivity index (χ3v) is 14.2. The van der Waals surface area contributed by atoms with E-state index in [1.165, 1.54) is 33.4 Å². The lowest BCUT2D eigenvalue weighted by atomic mass is 9.97. The highest BCUT2D eigenvalue weighted by Crippen LogP contribution is 2.43. The summed E-state index contributed by atoms with van der Waals surface area (Å²) in [7, 11) is 0. The maximum Gasteiger partial charge on any atom is 0.0473 e. The molecule has 0 aliphatic rings. The lowest BCUT2D eigenvalue weighted by Crippen LogP contribution is -2.10. The number of hydrogen-bond acceptors (Lipinski definition) is 2. The molecule has 0 aliphatic carbocycles. The first-order valence-corrected chi connectivity index (χ1v) is 26.6. The summed E-state index contributed by atoms with van der Waals surface area (Å²) in [6.45, 7) is 0. The average Bonchev–Trinajstić information content (AvgIpc) is 3.58. The summed E-state index contributed by atoms with van der Waals surface area (Å²) in [5.74, 6) is 0. The molecule has 2 heteroatoms. The third kappa shape index (κ3) is 11.4. The maximum absolute atomic E-state index is 2.38. The highest BCUT2D eigenvalue weighted by molar-refractivity contribution is 5.88. The Morgan fingerprint density at radius 1 is 0.154 bits per heavy atom. The van der Waals surface area contributed by atoms with E-state index in [0.29, 0.717) is 0 Å². The number of rotatable bonds is 15. The van der Waals surface area contributed by atoms with Gasteiger partial charge in [0.05, 0.1) is 0 Å². The summed E-state index contributed by atoms with van der Waals surface area (Å²) in [5.41, 5.74) is 22.6. The molecule has 0 N–H and O–H groups in total. The summed E-state index contributed by atoms with van der Waals surface area (Å²) in [6.07, 6.45) is 8.69. The van der Waals surface area contributed by atoms with Gasteiger partial charge in [-0.2, -0.15) is 0 Å². The average molecular weight is 997 g/mol. The first kappa shape index (κ1) is 48.6. The molecule has 78 heavy (non-hydrogen) atoms. The van der Waals surface area contributed by atoms with Gasteiger partial charge in [0.1, 0.15) is 0 Å². The smallest absolute Gasteiger partial charge is 0.0473 e. The molecule has 2 nitrogen and oxygen atoms in total. The number of anilines is 6. The SMILES string of the molecule is C(=C\c1ccc(N(c2ccc(-c3ccc(N(c4ccc(/C=C/c5ccccc5)cc4)c4cc(-c5ccccc5)cc(-c5ccccc5)c4)cc3)cc2)c2cc(-c3ccccc3)cc(-c3ccccc3)c2)cc1)/c1ccccc1. The van der Waals surface area contributed by atoms with E-state index >= 15 is 0 Å². The molecule has 0 aliphatic heterocycles. The molecule has 12 aromatic carbocycles. The predicted octanol–water partition coefficient (Wildman–Crippen LogP) is 21.3. The van der Waals surface area contributed by atoms with Gasteiger partial charge in [-0.15, -0.1) is 0 Å². The number of benzene rings is 12. The summed E-state index contributed by atoms with van der Waals surface area (Å²) >= 11 is 0. The lowest BCUT2D eigenvalue weighted by Gasteiger charge is -2.28. The summed E-state index contributed by atoms with van der Waals surface area (Å²) in [5, 5.41) is 0. The van der Waals surface area contributed by atoms with Crippen LogP contribution in [0.4, 0.5) is 34.1 Å². The summed E-state index contributed by atoms with van der Waals surface area (Å²) in [6, 6.07) is 113. The van der Waals surface area contributed by atoms with Gasteiger partial charge in [0, 0.05) is 34.1 Å². The van der Waals surface area contributed by atoms with Crippen molar-refractivity contribution in [3.05, 3.63) is 338 Å².